The summed E-state index contributed by atoms with van der Waals surface area (Å²) in [6.45, 7) is -0.470. The maximum atomic E-state index is 14.5. The van der Waals surface area contributed by atoms with Gasteiger partial charge in [-0.05, 0) is 18.6 Å². The minimum atomic E-state index is -4.02. The number of likely N-dealkylation sites (tertiary alicyclic amines) is 1. The molecule has 3 aliphatic rings. The van der Waals surface area contributed by atoms with Gasteiger partial charge in [-0.25, -0.2) is 31.6 Å². The summed E-state index contributed by atoms with van der Waals surface area (Å²) < 4.78 is 68.1. The highest BCUT2D eigenvalue weighted by molar-refractivity contribution is 7.94. The third-order valence-corrected chi connectivity index (χ3v) is 7.37. The van der Waals surface area contributed by atoms with Crippen molar-refractivity contribution in [3.05, 3.63) is 17.8 Å². The Labute approximate surface area is 159 Å². The maximum absolute atomic E-state index is 14.5. The summed E-state index contributed by atoms with van der Waals surface area (Å²) in [4.78, 5) is 16.3. The molecule has 154 valence electrons. The molecule has 4 rings (SSSR count). The summed E-state index contributed by atoms with van der Waals surface area (Å²) in [5, 5.41) is 8.99. The molecule has 1 amide bonds. The fraction of sp³-hybridized carbons (Fsp3) is 0.625. The summed E-state index contributed by atoms with van der Waals surface area (Å²) in [7, 11) is -2.75. The van der Waals surface area contributed by atoms with Crippen molar-refractivity contribution >= 4 is 27.8 Å². The van der Waals surface area contributed by atoms with E-state index in [0.717, 1.165) is 13.5 Å². The number of halogens is 3. The number of carbonyl (C=O) groups is 1. The van der Waals surface area contributed by atoms with E-state index in [2.05, 4.69) is 4.98 Å². The highest BCUT2D eigenvalue weighted by atomic mass is 32.2. The van der Waals surface area contributed by atoms with E-state index < -0.39 is 40.2 Å². The lowest BCUT2D eigenvalue weighted by Gasteiger charge is -2.32. The number of hydrogen-bond acceptors (Lipinski definition) is 4. The molecule has 1 aromatic heterocycles. The van der Waals surface area contributed by atoms with Gasteiger partial charge in [0.15, 0.2) is 5.82 Å². The molecule has 0 radical (unpaired) electrons. The van der Waals surface area contributed by atoms with Gasteiger partial charge < -0.3 is 10.0 Å². The van der Waals surface area contributed by atoms with Crippen LogP contribution >= 0.6 is 0 Å². The van der Waals surface area contributed by atoms with Crippen molar-refractivity contribution < 1.29 is 31.5 Å². The standard InChI is InChI=1S/C16H19F3N4O4S/c1-21-14-13(23(28(21,26)27)7-9-6-16(9,18)19)3-2-12(20-14)10-4-5-22(15(24)25)8-11(10)17/h2-3,9-11H,4-8H2,1H3,(H,24,25). The van der Waals surface area contributed by atoms with Gasteiger partial charge in [-0.15, -0.1) is 0 Å². The number of alkyl halides is 3. The zero-order valence-corrected chi connectivity index (χ0v) is 15.7. The number of fused-ring (bicyclic) bond motifs is 1. The summed E-state index contributed by atoms with van der Waals surface area (Å²) in [6, 6.07) is 2.94. The van der Waals surface area contributed by atoms with Crippen LogP contribution in [0.5, 0.6) is 0 Å². The van der Waals surface area contributed by atoms with Crippen LogP contribution in [0.25, 0.3) is 0 Å². The van der Waals surface area contributed by atoms with Crippen LogP contribution in [0.4, 0.5) is 29.5 Å². The van der Waals surface area contributed by atoms with Crippen molar-refractivity contribution in [2.45, 2.75) is 30.9 Å². The lowest BCUT2D eigenvalue weighted by molar-refractivity contribution is 0.0955. The van der Waals surface area contributed by atoms with Crippen LogP contribution in [0.15, 0.2) is 12.1 Å². The number of piperidine rings is 1. The van der Waals surface area contributed by atoms with Crippen LogP contribution in [0.1, 0.15) is 24.5 Å². The van der Waals surface area contributed by atoms with Crippen LogP contribution in [0.2, 0.25) is 0 Å². The van der Waals surface area contributed by atoms with Crippen LogP contribution < -0.4 is 8.61 Å². The van der Waals surface area contributed by atoms with E-state index in [4.69, 9.17) is 5.11 Å². The van der Waals surface area contributed by atoms with E-state index in [1.807, 2.05) is 0 Å². The number of amides is 1. The van der Waals surface area contributed by atoms with Crippen LogP contribution in [0.3, 0.4) is 0 Å². The van der Waals surface area contributed by atoms with Gasteiger partial charge in [0.25, 0.3) is 5.92 Å². The molecule has 1 saturated heterocycles. The van der Waals surface area contributed by atoms with E-state index in [1.54, 1.807) is 0 Å². The second-order valence-electron chi connectivity index (χ2n) is 7.39. The number of carboxylic acid groups (broad SMARTS) is 1. The van der Waals surface area contributed by atoms with Gasteiger partial charge in [-0.3, -0.25) is 0 Å². The average Bonchev–Trinajstić information content (AvgIpc) is 3.19. The monoisotopic (exact) mass is 420 g/mol. The summed E-state index contributed by atoms with van der Waals surface area (Å²) in [6.07, 6.45) is -2.80. The highest BCUT2D eigenvalue weighted by Crippen LogP contribution is 2.51. The Morgan fingerprint density at radius 3 is 2.64 bits per heavy atom. The zero-order chi connectivity index (χ0) is 20.4. The van der Waals surface area contributed by atoms with E-state index >= 15 is 0 Å². The van der Waals surface area contributed by atoms with Crippen molar-refractivity contribution in [2.75, 3.05) is 35.3 Å². The smallest absolute Gasteiger partial charge is 0.407 e. The molecule has 2 fully saturated rings. The normalized spacial score (nSPS) is 30.3. The van der Waals surface area contributed by atoms with Gasteiger partial charge in [0.2, 0.25) is 0 Å². The quantitative estimate of drug-likeness (QED) is 0.808. The molecule has 1 saturated carbocycles. The second kappa shape index (κ2) is 6.13. The fourth-order valence-electron chi connectivity index (χ4n) is 3.74. The third kappa shape index (κ3) is 2.93. The molecule has 0 aromatic carbocycles. The molecule has 3 atom stereocenters. The van der Waals surface area contributed by atoms with Crippen molar-refractivity contribution in [1.82, 2.24) is 9.88 Å². The zero-order valence-electron chi connectivity index (χ0n) is 14.9. The Balaban J connectivity index is 1.60. The van der Waals surface area contributed by atoms with Crippen LogP contribution in [0, 0.1) is 5.92 Å². The molecule has 28 heavy (non-hydrogen) atoms. The molecule has 3 unspecified atom stereocenters. The van der Waals surface area contributed by atoms with Crippen molar-refractivity contribution in [3.63, 3.8) is 0 Å². The number of aromatic nitrogens is 1. The van der Waals surface area contributed by atoms with Crippen molar-refractivity contribution in [3.8, 4) is 0 Å². The molecule has 0 bridgehead atoms. The molecule has 1 N–H and O–H groups in total. The van der Waals surface area contributed by atoms with Gasteiger partial charge in [0, 0.05) is 44.1 Å². The van der Waals surface area contributed by atoms with Crippen molar-refractivity contribution in [1.29, 1.82) is 0 Å². The first-order valence-corrected chi connectivity index (χ1v) is 10.2. The van der Waals surface area contributed by atoms with Crippen molar-refractivity contribution in [2.24, 2.45) is 5.92 Å². The molecule has 12 heteroatoms. The minimum absolute atomic E-state index is 0.0642. The average molecular weight is 420 g/mol. The maximum Gasteiger partial charge on any atom is 0.407 e. The lowest BCUT2D eigenvalue weighted by Crippen LogP contribution is -2.43. The van der Waals surface area contributed by atoms with Gasteiger partial charge >= 0.3 is 16.3 Å². The van der Waals surface area contributed by atoms with Crippen LogP contribution in [-0.4, -0.2) is 68.3 Å². The Morgan fingerprint density at radius 2 is 2.07 bits per heavy atom. The lowest BCUT2D eigenvalue weighted by atomic mass is 9.91. The molecular formula is C16H19F3N4O4S. The van der Waals surface area contributed by atoms with Gasteiger partial charge in [0.05, 0.1) is 12.2 Å². The fourth-order valence-corrected chi connectivity index (χ4v) is 5.15. The molecule has 0 spiro atoms. The first-order chi connectivity index (χ1) is 13.0. The highest BCUT2D eigenvalue weighted by Gasteiger charge is 2.59. The molecule has 8 nitrogen and oxygen atoms in total. The van der Waals surface area contributed by atoms with E-state index in [-0.39, 0.29) is 44.0 Å². The topological polar surface area (TPSA) is 94.1 Å². The van der Waals surface area contributed by atoms with E-state index in [9.17, 15) is 26.4 Å². The van der Waals surface area contributed by atoms with Gasteiger partial charge in [-0.1, -0.05) is 0 Å². The predicted octanol–water partition coefficient (Wildman–Crippen LogP) is 2.04. The van der Waals surface area contributed by atoms with E-state index in [1.165, 1.54) is 19.2 Å². The summed E-state index contributed by atoms with van der Waals surface area (Å²) >= 11 is 0. The minimum Gasteiger partial charge on any atom is -0.465 e. The Morgan fingerprint density at radius 1 is 1.39 bits per heavy atom. The largest absolute Gasteiger partial charge is 0.465 e. The number of anilines is 2. The number of hydrogen-bond donors (Lipinski definition) is 1. The Bertz CT molecular complexity index is 928. The summed E-state index contributed by atoms with van der Waals surface area (Å²) in [5.74, 6) is -4.49. The van der Waals surface area contributed by atoms with Crippen LogP contribution in [-0.2, 0) is 10.2 Å². The van der Waals surface area contributed by atoms with Gasteiger partial charge in [0.1, 0.15) is 6.17 Å². The molecule has 3 heterocycles. The number of rotatable bonds is 3. The molecule has 2 aliphatic heterocycles. The molecule has 1 aliphatic carbocycles. The number of nitrogens with zero attached hydrogens (tertiary/aromatic N) is 4. The second-order valence-corrected chi connectivity index (χ2v) is 9.27. The third-order valence-electron chi connectivity index (χ3n) is 5.60. The number of pyridine rings is 1. The summed E-state index contributed by atoms with van der Waals surface area (Å²) in [5.41, 5.74) is 0.504. The van der Waals surface area contributed by atoms with E-state index in [0.29, 0.717) is 5.69 Å². The SMILES string of the molecule is CN1c2nc(C3CCN(C(=O)O)CC3F)ccc2N(CC2CC2(F)F)S1(=O)=O. The molecular weight excluding hydrogens is 401 g/mol. The molecule has 1 aromatic rings. The Hall–Kier alpha value is -2.24. The first kappa shape index (κ1) is 19.1. The first-order valence-electron chi connectivity index (χ1n) is 8.79. The van der Waals surface area contributed by atoms with Gasteiger partial charge in [-0.2, -0.15) is 8.42 Å². The Kier molecular flexibility index (Phi) is 4.18. The predicted molar refractivity (Wildman–Crippen MR) is 93.8 cm³/mol.